The van der Waals surface area contributed by atoms with Crippen LogP contribution in [-0.4, -0.2) is 21.9 Å². The number of benzene rings is 2. The summed E-state index contributed by atoms with van der Waals surface area (Å²) in [5.41, 5.74) is 3.98. The van der Waals surface area contributed by atoms with E-state index in [4.69, 9.17) is 8.83 Å². The van der Waals surface area contributed by atoms with Crippen LogP contribution in [0, 0.1) is 6.92 Å². The van der Waals surface area contributed by atoms with Crippen molar-refractivity contribution in [3.63, 3.8) is 0 Å². The molecular formula is C22H19N3O3S. The Morgan fingerprint density at radius 3 is 2.55 bits per heavy atom. The zero-order chi connectivity index (χ0) is 20.1. The van der Waals surface area contributed by atoms with E-state index < -0.39 is 0 Å². The lowest BCUT2D eigenvalue weighted by Gasteiger charge is -2.07. The Balaban J connectivity index is 1.31. The molecule has 1 N–H and O–H groups in total. The SMILES string of the molecule is Cc1ccccc1CSCC(=O)Nc1ccc(-c2nnc(-c3ccco3)o2)cc1. The second-order valence-corrected chi connectivity index (χ2v) is 7.42. The van der Waals surface area contributed by atoms with Crippen molar-refractivity contribution >= 4 is 23.4 Å². The Bertz CT molecular complexity index is 1090. The molecule has 0 saturated heterocycles. The number of nitrogens with one attached hydrogen (secondary N) is 1. The van der Waals surface area contributed by atoms with E-state index in [0.29, 0.717) is 23.3 Å². The third-order valence-electron chi connectivity index (χ3n) is 4.32. The molecule has 0 saturated carbocycles. The van der Waals surface area contributed by atoms with Gasteiger partial charge in [0.15, 0.2) is 5.76 Å². The van der Waals surface area contributed by atoms with Crippen LogP contribution >= 0.6 is 11.8 Å². The van der Waals surface area contributed by atoms with E-state index in [2.05, 4.69) is 34.6 Å². The summed E-state index contributed by atoms with van der Waals surface area (Å²) in [5.74, 6) is 2.42. The fraction of sp³-hybridized carbons (Fsp3) is 0.136. The van der Waals surface area contributed by atoms with Gasteiger partial charge in [-0.3, -0.25) is 4.79 Å². The number of thioether (sulfide) groups is 1. The number of aromatic nitrogens is 2. The van der Waals surface area contributed by atoms with Crippen LogP contribution in [0.1, 0.15) is 11.1 Å². The molecule has 6 nitrogen and oxygen atoms in total. The van der Waals surface area contributed by atoms with E-state index in [0.717, 1.165) is 17.0 Å². The Morgan fingerprint density at radius 1 is 1.00 bits per heavy atom. The van der Waals surface area contributed by atoms with Crippen molar-refractivity contribution in [2.45, 2.75) is 12.7 Å². The summed E-state index contributed by atoms with van der Waals surface area (Å²) >= 11 is 1.60. The summed E-state index contributed by atoms with van der Waals surface area (Å²) in [7, 11) is 0. The van der Waals surface area contributed by atoms with Crippen molar-refractivity contribution in [3.8, 4) is 23.1 Å². The minimum absolute atomic E-state index is 0.0331. The maximum absolute atomic E-state index is 12.2. The van der Waals surface area contributed by atoms with Crippen LogP contribution in [0.4, 0.5) is 5.69 Å². The highest BCUT2D eigenvalue weighted by Crippen LogP contribution is 2.25. The molecular weight excluding hydrogens is 386 g/mol. The van der Waals surface area contributed by atoms with Gasteiger partial charge in [0.05, 0.1) is 12.0 Å². The zero-order valence-corrected chi connectivity index (χ0v) is 16.6. The van der Waals surface area contributed by atoms with Gasteiger partial charge in [0.2, 0.25) is 11.8 Å². The van der Waals surface area contributed by atoms with Crippen molar-refractivity contribution in [3.05, 3.63) is 78.1 Å². The predicted molar refractivity (Wildman–Crippen MR) is 113 cm³/mol. The number of furan rings is 1. The molecule has 0 aliphatic rings. The number of hydrogen-bond acceptors (Lipinski definition) is 6. The Morgan fingerprint density at radius 2 is 1.79 bits per heavy atom. The fourth-order valence-electron chi connectivity index (χ4n) is 2.76. The lowest BCUT2D eigenvalue weighted by Crippen LogP contribution is -2.14. The van der Waals surface area contributed by atoms with Gasteiger partial charge in [-0.2, -0.15) is 0 Å². The average Bonchev–Trinajstić information content (AvgIpc) is 3.42. The lowest BCUT2D eigenvalue weighted by molar-refractivity contribution is -0.113. The van der Waals surface area contributed by atoms with E-state index in [1.165, 1.54) is 11.1 Å². The summed E-state index contributed by atoms with van der Waals surface area (Å²) in [5, 5.41) is 10.9. The summed E-state index contributed by atoms with van der Waals surface area (Å²) < 4.78 is 10.9. The second kappa shape index (κ2) is 8.79. The van der Waals surface area contributed by atoms with Crippen molar-refractivity contribution in [1.82, 2.24) is 10.2 Å². The van der Waals surface area contributed by atoms with Crippen molar-refractivity contribution in [2.24, 2.45) is 0 Å². The molecule has 4 rings (SSSR count). The summed E-state index contributed by atoms with van der Waals surface area (Å²) in [4.78, 5) is 12.2. The highest BCUT2D eigenvalue weighted by molar-refractivity contribution is 7.99. The third kappa shape index (κ3) is 4.75. The Labute approximate surface area is 172 Å². The maximum Gasteiger partial charge on any atom is 0.283 e. The number of anilines is 1. The molecule has 0 aliphatic carbocycles. The van der Waals surface area contributed by atoms with Gasteiger partial charge in [0, 0.05) is 17.0 Å². The number of amides is 1. The highest BCUT2D eigenvalue weighted by atomic mass is 32.2. The van der Waals surface area contributed by atoms with Gasteiger partial charge in [-0.25, -0.2) is 0 Å². The molecule has 1 amide bonds. The minimum atomic E-state index is -0.0331. The monoisotopic (exact) mass is 405 g/mol. The van der Waals surface area contributed by atoms with Crippen molar-refractivity contribution in [1.29, 1.82) is 0 Å². The van der Waals surface area contributed by atoms with Crippen LogP contribution < -0.4 is 5.32 Å². The Kier molecular flexibility index (Phi) is 5.76. The van der Waals surface area contributed by atoms with Crippen LogP contribution in [0.2, 0.25) is 0 Å². The number of rotatable bonds is 7. The number of nitrogens with zero attached hydrogens (tertiary/aromatic N) is 2. The van der Waals surface area contributed by atoms with Crippen molar-refractivity contribution < 1.29 is 13.6 Å². The third-order valence-corrected chi connectivity index (χ3v) is 5.31. The highest BCUT2D eigenvalue weighted by Gasteiger charge is 2.12. The van der Waals surface area contributed by atoms with Gasteiger partial charge >= 0.3 is 0 Å². The Hall–Kier alpha value is -3.32. The first-order chi connectivity index (χ1) is 14.2. The maximum atomic E-state index is 12.2. The zero-order valence-electron chi connectivity index (χ0n) is 15.8. The molecule has 0 atom stereocenters. The molecule has 0 radical (unpaired) electrons. The molecule has 0 aliphatic heterocycles. The van der Waals surface area contributed by atoms with E-state index in [1.807, 2.05) is 36.4 Å². The normalized spacial score (nSPS) is 10.8. The number of carbonyl (C=O) groups excluding carboxylic acids is 1. The molecule has 146 valence electrons. The number of aryl methyl sites for hydroxylation is 1. The van der Waals surface area contributed by atoms with Gasteiger partial charge in [-0.05, 0) is 54.4 Å². The molecule has 2 heterocycles. The van der Waals surface area contributed by atoms with Crippen LogP contribution in [0.3, 0.4) is 0 Å². The molecule has 2 aromatic carbocycles. The molecule has 0 fully saturated rings. The molecule has 0 bridgehead atoms. The van der Waals surface area contributed by atoms with Crippen LogP contribution in [0.5, 0.6) is 0 Å². The quantitative estimate of drug-likeness (QED) is 0.456. The second-order valence-electron chi connectivity index (χ2n) is 6.43. The summed E-state index contributed by atoms with van der Waals surface area (Å²) in [6.45, 7) is 2.08. The van der Waals surface area contributed by atoms with Gasteiger partial charge in [0.25, 0.3) is 5.89 Å². The molecule has 29 heavy (non-hydrogen) atoms. The number of hydrogen-bond donors (Lipinski definition) is 1. The van der Waals surface area contributed by atoms with E-state index in [9.17, 15) is 4.79 Å². The topological polar surface area (TPSA) is 81.2 Å². The predicted octanol–water partition coefficient (Wildman–Crippen LogP) is 5.18. The molecule has 7 heteroatoms. The van der Waals surface area contributed by atoms with E-state index in [1.54, 1.807) is 30.2 Å². The first-order valence-electron chi connectivity index (χ1n) is 9.09. The van der Waals surface area contributed by atoms with Crippen LogP contribution in [-0.2, 0) is 10.5 Å². The van der Waals surface area contributed by atoms with Crippen LogP contribution in [0.15, 0.2) is 75.8 Å². The van der Waals surface area contributed by atoms with Gasteiger partial charge in [-0.15, -0.1) is 22.0 Å². The molecule has 2 aromatic heterocycles. The van der Waals surface area contributed by atoms with E-state index in [-0.39, 0.29) is 5.91 Å². The van der Waals surface area contributed by atoms with Gasteiger partial charge < -0.3 is 14.2 Å². The average molecular weight is 405 g/mol. The van der Waals surface area contributed by atoms with Gasteiger partial charge in [0.1, 0.15) is 0 Å². The lowest BCUT2D eigenvalue weighted by atomic mass is 10.1. The fourth-order valence-corrected chi connectivity index (χ4v) is 3.66. The minimum Gasteiger partial charge on any atom is -0.459 e. The summed E-state index contributed by atoms with van der Waals surface area (Å²) in [6, 6.07) is 19.0. The molecule has 0 unspecified atom stereocenters. The van der Waals surface area contributed by atoms with E-state index >= 15 is 0 Å². The molecule has 4 aromatic rings. The standard InChI is InChI=1S/C22H19N3O3S/c1-15-5-2-3-6-17(15)13-29-14-20(26)23-18-10-8-16(9-11-18)21-24-25-22(28-21)19-7-4-12-27-19/h2-12H,13-14H2,1H3,(H,23,26). The first-order valence-corrected chi connectivity index (χ1v) is 10.2. The van der Waals surface area contributed by atoms with Crippen LogP contribution in [0.25, 0.3) is 23.1 Å². The smallest absolute Gasteiger partial charge is 0.283 e. The summed E-state index contributed by atoms with van der Waals surface area (Å²) in [6.07, 6.45) is 1.55. The largest absolute Gasteiger partial charge is 0.459 e. The first kappa shape index (κ1) is 19.0. The number of carbonyl (C=O) groups is 1. The molecule has 0 spiro atoms. The van der Waals surface area contributed by atoms with Gasteiger partial charge in [-0.1, -0.05) is 24.3 Å². The van der Waals surface area contributed by atoms with Crippen molar-refractivity contribution in [2.75, 3.05) is 11.1 Å².